The van der Waals surface area contributed by atoms with E-state index in [1.54, 1.807) is 24.3 Å². The van der Waals surface area contributed by atoms with Crippen molar-refractivity contribution in [2.75, 3.05) is 6.61 Å². The lowest BCUT2D eigenvalue weighted by Crippen LogP contribution is -2.19. The zero-order valence-electron chi connectivity index (χ0n) is 10.1. The summed E-state index contributed by atoms with van der Waals surface area (Å²) in [5.74, 6) is -0.345. The van der Waals surface area contributed by atoms with Crippen molar-refractivity contribution in [2.24, 2.45) is 5.92 Å². The number of carbonyl (C=O) groups excluding carboxylic acids is 2. The summed E-state index contributed by atoms with van der Waals surface area (Å²) in [6.07, 6.45) is 3.98. The van der Waals surface area contributed by atoms with Crippen LogP contribution in [0.1, 0.15) is 36.0 Å². The third kappa shape index (κ3) is 3.84. The molecule has 1 aliphatic carbocycles. The number of ether oxygens (including phenoxy) is 1. The molecule has 0 aliphatic heterocycles. The monoisotopic (exact) mass is 268 g/mol. The Morgan fingerprint density at radius 3 is 2.33 bits per heavy atom. The van der Waals surface area contributed by atoms with Crippen molar-refractivity contribution in [3.05, 3.63) is 35.9 Å². The van der Waals surface area contributed by atoms with Gasteiger partial charge in [0.15, 0.2) is 12.4 Å². The Morgan fingerprint density at radius 2 is 1.72 bits per heavy atom. The molecule has 1 aliphatic rings. The summed E-state index contributed by atoms with van der Waals surface area (Å²) in [6.45, 7) is -0.140. The Balaban J connectivity index is 0.00000162. The fraction of sp³-hybridized carbons (Fsp3) is 0.429. The van der Waals surface area contributed by atoms with Gasteiger partial charge < -0.3 is 4.74 Å². The van der Waals surface area contributed by atoms with Crippen molar-refractivity contribution in [3.63, 3.8) is 0 Å². The van der Waals surface area contributed by atoms with Gasteiger partial charge in [0, 0.05) is 5.56 Å². The van der Waals surface area contributed by atoms with E-state index in [0.29, 0.717) is 5.56 Å². The summed E-state index contributed by atoms with van der Waals surface area (Å²) in [6, 6.07) is 8.90. The molecule has 2 rings (SSSR count). The minimum Gasteiger partial charge on any atom is -0.457 e. The van der Waals surface area contributed by atoms with Crippen molar-refractivity contribution in [3.8, 4) is 0 Å². The standard InChI is InChI=1S/C14H16O3.ClH/c15-13(11-6-2-1-3-7-11)10-17-14(16)12-8-4-5-9-12;/h1-3,6-7,12H,4-5,8-10H2;1H. The zero-order valence-corrected chi connectivity index (χ0v) is 10.9. The highest BCUT2D eigenvalue weighted by molar-refractivity contribution is 5.97. The van der Waals surface area contributed by atoms with E-state index in [-0.39, 0.29) is 36.7 Å². The van der Waals surface area contributed by atoms with Crippen molar-refractivity contribution in [1.29, 1.82) is 0 Å². The lowest BCUT2D eigenvalue weighted by molar-refractivity contribution is -0.147. The maximum absolute atomic E-state index is 11.7. The van der Waals surface area contributed by atoms with E-state index >= 15 is 0 Å². The molecule has 0 aromatic heterocycles. The molecule has 0 spiro atoms. The SMILES string of the molecule is Cl.O=C(COC(=O)C1CCCC1)c1ccccc1. The van der Waals surface area contributed by atoms with Crippen LogP contribution in [0.2, 0.25) is 0 Å². The summed E-state index contributed by atoms with van der Waals surface area (Å²) < 4.78 is 5.05. The number of halogens is 1. The lowest BCUT2D eigenvalue weighted by atomic mass is 10.1. The molecule has 0 unspecified atom stereocenters. The van der Waals surface area contributed by atoms with Crippen LogP contribution in [0.15, 0.2) is 30.3 Å². The molecule has 0 atom stereocenters. The molecule has 0 heterocycles. The molecule has 3 nitrogen and oxygen atoms in total. The predicted molar refractivity (Wildman–Crippen MR) is 70.9 cm³/mol. The Morgan fingerprint density at radius 1 is 1.11 bits per heavy atom. The molecule has 0 amide bonds. The van der Waals surface area contributed by atoms with Crippen molar-refractivity contribution in [1.82, 2.24) is 0 Å². The Bertz CT molecular complexity index is 397. The fourth-order valence-electron chi connectivity index (χ4n) is 2.12. The number of Topliss-reactive ketones (excluding diaryl/α,β-unsaturated/α-hetero) is 1. The van der Waals surface area contributed by atoms with Gasteiger partial charge in [-0.1, -0.05) is 43.2 Å². The van der Waals surface area contributed by atoms with Crippen LogP contribution in [-0.2, 0) is 9.53 Å². The van der Waals surface area contributed by atoms with Crippen molar-refractivity contribution >= 4 is 24.2 Å². The van der Waals surface area contributed by atoms with E-state index in [9.17, 15) is 9.59 Å². The second-order valence-electron chi connectivity index (χ2n) is 4.38. The Hall–Kier alpha value is -1.35. The molecule has 0 bridgehead atoms. The van der Waals surface area contributed by atoms with Gasteiger partial charge in [-0.3, -0.25) is 9.59 Å². The van der Waals surface area contributed by atoms with E-state index in [1.165, 1.54) is 0 Å². The Kier molecular flexibility index (Phi) is 5.86. The highest BCUT2D eigenvalue weighted by atomic mass is 35.5. The van der Waals surface area contributed by atoms with Gasteiger partial charge in [-0.05, 0) is 12.8 Å². The first-order valence-electron chi connectivity index (χ1n) is 6.02. The summed E-state index contributed by atoms with van der Waals surface area (Å²) in [5.41, 5.74) is 0.590. The number of hydrogen-bond acceptors (Lipinski definition) is 3. The number of ketones is 1. The minimum absolute atomic E-state index is 0. The molecular weight excluding hydrogens is 252 g/mol. The molecule has 0 N–H and O–H groups in total. The number of rotatable bonds is 4. The number of esters is 1. The zero-order chi connectivity index (χ0) is 12.1. The van der Waals surface area contributed by atoms with E-state index in [0.717, 1.165) is 25.7 Å². The quantitative estimate of drug-likeness (QED) is 0.623. The fourth-order valence-corrected chi connectivity index (χ4v) is 2.12. The van der Waals surface area contributed by atoms with E-state index in [2.05, 4.69) is 0 Å². The molecule has 4 heteroatoms. The number of hydrogen-bond donors (Lipinski definition) is 0. The van der Waals surface area contributed by atoms with Crippen LogP contribution in [0.3, 0.4) is 0 Å². The average molecular weight is 269 g/mol. The van der Waals surface area contributed by atoms with Gasteiger partial charge in [-0.2, -0.15) is 0 Å². The van der Waals surface area contributed by atoms with Crippen LogP contribution in [0.5, 0.6) is 0 Å². The van der Waals surface area contributed by atoms with Gasteiger partial charge in [-0.25, -0.2) is 0 Å². The largest absolute Gasteiger partial charge is 0.457 e. The second-order valence-corrected chi connectivity index (χ2v) is 4.38. The van der Waals surface area contributed by atoms with E-state index < -0.39 is 0 Å². The molecule has 1 aromatic carbocycles. The van der Waals surface area contributed by atoms with Crippen LogP contribution >= 0.6 is 12.4 Å². The molecule has 1 saturated carbocycles. The van der Waals surface area contributed by atoms with Gasteiger partial charge in [-0.15, -0.1) is 12.4 Å². The van der Waals surface area contributed by atoms with Crippen molar-refractivity contribution < 1.29 is 14.3 Å². The van der Waals surface area contributed by atoms with E-state index in [1.807, 2.05) is 6.07 Å². The third-order valence-corrected chi connectivity index (χ3v) is 3.13. The maximum atomic E-state index is 11.7. The average Bonchev–Trinajstić information content (AvgIpc) is 2.90. The highest BCUT2D eigenvalue weighted by Gasteiger charge is 2.24. The van der Waals surface area contributed by atoms with Crippen LogP contribution in [0.4, 0.5) is 0 Å². The van der Waals surface area contributed by atoms with Crippen LogP contribution in [0, 0.1) is 5.92 Å². The first-order chi connectivity index (χ1) is 8.27. The molecular formula is C14H17ClO3. The molecule has 98 valence electrons. The smallest absolute Gasteiger partial charge is 0.309 e. The van der Waals surface area contributed by atoms with Gasteiger partial charge in [0.25, 0.3) is 0 Å². The van der Waals surface area contributed by atoms with Gasteiger partial charge >= 0.3 is 5.97 Å². The number of carbonyl (C=O) groups is 2. The third-order valence-electron chi connectivity index (χ3n) is 3.13. The van der Waals surface area contributed by atoms with Crippen LogP contribution in [0.25, 0.3) is 0 Å². The normalized spacial score (nSPS) is 14.9. The Labute approximate surface area is 113 Å². The van der Waals surface area contributed by atoms with E-state index in [4.69, 9.17) is 4.74 Å². The predicted octanol–water partition coefficient (Wildman–Crippen LogP) is 3.02. The lowest BCUT2D eigenvalue weighted by Gasteiger charge is -2.08. The summed E-state index contributed by atoms with van der Waals surface area (Å²) in [7, 11) is 0. The molecule has 0 saturated heterocycles. The van der Waals surface area contributed by atoms with Crippen molar-refractivity contribution in [2.45, 2.75) is 25.7 Å². The summed E-state index contributed by atoms with van der Waals surface area (Å²) in [5, 5.41) is 0. The maximum Gasteiger partial charge on any atom is 0.309 e. The summed E-state index contributed by atoms with van der Waals surface area (Å²) in [4.78, 5) is 23.3. The first-order valence-corrected chi connectivity index (χ1v) is 6.02. The second kappa shape index (κ2) is 7.17. The molecule has 1 fully saturated rings. The highest BCUT2D eigenvalue weighted by Crippen LogP contribution is 2.25. The van der Waals surface area contributed by atoms with Gasteiger partial charge in [0.05, 0.1) is 5.92 Å². The molecule has 0 radical (unpaired) electrons. The van der Waals surface area contributed by atoms with Gasteiger partial charge in [0.2, 0.25) is 0 Å². The van der Waals surface area contributed by atoms with Gasteiger partial charge in [0.1, 0.15) is 0 Å². The first kappa shape index (κ1) is 14.7. The minimum atomic E-state index is -0.216. The molecule has 1 aromatic rings. The molecule has 18 heavy (non-hydrogen) atoms. The number of benzene rings is 1. The van der Waals surface area contributed by atoms with Crippen LogP contribution in [-0.4, -0.2) is 18.4 Å². The summed E-state index contributed by atoms with van der Waals surface area (Å²) >= 11 is 0. The topological polar surface area (TPSA) is 43.4 Å². The van der Waals surface area contributed by atoms with Crippen LogP contribution < -0.4 is 0 Å².